The molecule has 12 heteroatoms. The number of carboxylic acid groups (broad SMARTS) is 1. The maximum atomic E-state index is 13.4. The van der Waals surface area contributed by atoms with E-state index in [-0.39, 0.29) is 22.8 Å². The fourth-order valence-corrected chi connectivity index (χ4v) is 6.95. The summed E-state index contributed by atoms with van der Waals surface area (Å²) in [5, 5.41) is 10.1. The molecule has 0 bridgehead atoms. The number of sulfonamides is 2. The van der Waals surface area contributed by atoms with Gasteiger partial charge in [-0.15, -0.1) is 0 Å². The Labute approximate surface area is 222 Å². The first kappa shape index (κ1) is 28.6. The van der Waals surface area contributed by atoms with Gasteiger partial charge in [-0.05, 0) is 81.6 Å². The number of benzene rings is 2. The number of halogens is 2. The SMILES string of the molecule is CC(C)(CC/C=C\[C@@H]1C[C@@H](NS(=O)(=O)c2ccc(Cl)cc2)CN1S(=O)(=O)c1ccc(Cl)cc1)C(=O)O. The lowest BCUT2D eigenvalue weighted by Gasteiger charge is -2.22. The van der Waals surface area contributed by atoms with Gasteiger partial charge < -0.3 is 5.11 Å². The summed E-state index contributed by atoms with van der Waals surface area (Å²) in [5.74, 6) is -0.916. The fraction of sp³-hybridized carbons (Fsp3) is 0.375. The normalized spacial score (nSPS) is 19.7. The van der Waals surface area contributed by atoms with E-state index in [9.17, 15) is 26.7 Å². The van der Waals surface area contributed by atoms with E-state index in [4.69, 9.17) is 23.2 Å². The maximum absolute atomic E-state index is 13.4. The lowest BCUT2D eigenvalue weighted by Crippen LogP contribution is -2.39. The largest absolute Gasteiger partial charge is 0.481 e. The van der Waals surface area contributed by atoms with Crippen LogP contribution in [-0.2, 0) is 24.8 Å². The third kappa shape index (κ3) is 6.87. The fourth-order valence-electron chi connectivity index (χ4n) is 3.82. The maximum Gasteiger partial charge on any atom is 0.309 e. The highest BCUT2D eigenvalue weighted by Gasteiger charge is 2.40. The Morgan fingerprint density at radius 1 is 1.03 bits per heavy atom. The van der Waals surface area contributed by atoms with Crippen molar-refractivity contribution < 1.29 is 26.7 Å². The molecule has 1 heterocycles. The predicted octanol–water partition coefficient (Wildman–Crippen LogP) is 4.55. The zero-order valence-corrected chi connectivity index (χ0v) is 22.9. The zero-order chi connectivity index (χ0) is 26.7. The second-order valence-electron chi connectivity index (χ2n) is 9.26. The van der Waals surface area contributed by atoms with Crippen LogP contribution in [0.2, 0.25) is 10.0 Å². The Kier molecular flexibility index (Phi) is 8.91. The topological polar surface area (TPSA) is 121 Å². The number of nitrogens with one attached hydrogen (secondary N) is 1. The van der Waals surface area contributed by atoms with Crippen LogP contribution < -0.4 is 4.72 Å². The van der Waals surface area contributed by atoms with Crippen molar-refractivity contribution in [2.45, 2.75) is 55.0 Å². The molecule has 2 aromatic carbocycles. The van der Waals surface area contributed by atoms with Gasteiger partial charge in [-0.3, -0.25) is 4.79 Å². The van der Waals surface area contributed by atoms with Gasteiger partial charge in [0.1, 0.15) is 0 Å². The smallest absolute Gasteiger partial charge is 0.309 e. The van der Waals surface area contributed by atoms with Crippen molar-refractivity contribution in [2.24, 2.45) is 5.41 Å². The first-order chi connectivity index (χ1) is 16.7. The molecular formula is C24H28Cl2N2O6S2. The van der Waals surface area contributed by atoms with E-state index in [0.29, 0.717) is 22.9 Å². The van der Waals surface area contributed by atoms with Gasteiger partial charge in [0, 0.05) is 28.7 Å². The standard InChI is InChI=1S/C24H28Cl2N2O6S2/c1-24(2,23(29)30)14-4-3-5-20-15-19(27-35(31,32)21-10-6-17(25)7-11-21)16-28(20)36(33,34)22-12-8-18(26)9-13-22/h3,5-13,19-20,27H,4,14-16H2,1-2H3,(H,29,30)/b5-3-/t19-,20-/m1/s1. The molecule has 0 spiro atoms. The molecule has 36 heavy (non-hydrogen) atoms. The van der Waals surface area contributed by atoms with Crippen molar-refractivity contribution in [3.05, 3.63) is 70.7 Å². The van der Waals surface area contributed by atoms with Crippen LogP contribution in [-0.4, -0.2) is 50.8 Å². The van der Waals surface area contributed by atoms with Gasteiger partial charge in [0.25, 0.3) is 0 Å². The van der Waals surface area contributed by atoms with Crippen molar-refractivity contribution in [1.82, 2.24) is 9.03 Å². The van der Waals surface area contributed by atoms with Gasteiger partial charge in [0.2, 0.25) is 20.0 Å². The highest BCUT2D eigenvalue weighted by molar-refractivity contribution is 7.89. The van der Waals surface area contributed by atoms with Gasteiger partial charge in [-0.2, -0.15) is 4.31 Å². The Bertz CT molecular complexity index is 1330. The Morgan fingerprint density at radius 3 is 2.08 bits per heavy atom. The molecule has 2 aromatic rings. The molecule has 0 unspecified atom stereocenters. The molecule has 1 aliphatic rings. The first-order valence-corrected chi connectivity index (χ1v) is 14.9. The predicted molar refractivity (Wildman–Crippen MR) is 139 cm³/mol. The van der Waals surface area contributed by atoms with Gasteiger partial charge >= 0.3 is 5.97 Å². The summed E-state index contributed by atoms with van der Waals surface area (Å²) in [7, 11) is -7.88. The van der Waals surface area contributed by atoms with Crippen LogP contribution in [0.5, 0.6) is 0 Å². The molecule has 2 N–H and O–H groups in total. The first-order valence-electron chi connectivity index (χ1n) is 11.2. The Morgan fingerprint density at radius 2 is 1.56 bits per heavy atom. The van der Waals surface area contributed by atoms with Gasteiger partial charge in [-0.25, -0.2) is 21.6 Å². The lowest BCUT2D eigenvalue weighted by molar-refractivity contribution is -0.147. The van der Waals surface area contributed by atoms with Crippen LogP contribution in [0.3, 0.4) is 0 Å². The number of rotatable bonds is 10. The summed E-state index contributed by atoms with van der Waals surface area (Å²) >= 11 is 11.8. The molecule has 1 saturated heterocycles. The van der Waals surface area contributed by atoms with Crippen LogP contribution in [0.15, 0.2) is 70.5 Å². The van der Waals surface area contributed by atoms with Gasteiger partial charge in [0.05, 0.1) is 15.2 Å². The number of nitrogens with zero attached hydrogens (tertiary/aromatic N) is 1. The van der Waals surface area contributed by atoms with E-state index in [0.717, 1.165) is 0 Å². The minimum Gasteiger partial charge on any atom is -0.481 e. The summed E-state index contributed by atoms with van der Waals surface area (Å²) < 4.78 is 56.5. The number of hydrogen-bond donors (Lipinski definition) is 2. The van der Waals surface area contributed by atoms with Gasteiger partial charge in [0.15, 0.2) is 0 Å². The second-order valence-corrected chi connectivity index (χ2v) is 13.7. The molecule has 0 saturated carbocycles. The number of aliphatic carboxylic acids is 1. The van der Waals surface area contributed by atoms with Gasteiger partial charge in [-0.1, -0.05) is 35.4 Å². The number of carbonyl (C=O) groups is 1. The van der Waals surface area contributed by atoms with Crippen LogP contribution in [0.1, 0.15) is 33.1 Å². The van der Waals surface area contributed by atoms with Crippen molar-refractivity contribution in [3.8, 4) is 0 Å². The summed E-state index contributed by atoms with van der Waals surface area (Å²) in [6.45, 7) is 3.17. The summed E-state index contributed by atoms with van der Waals surface area (Å²) in [6.07, 6.45) is 4.43. The molecular weight excluding hydrogens is 547 g/mol. The molecule has 3 rings (SSSR count). The quantitative estimate of drug-likeness (QED) is 0.401. The lowest BCUT2D eigenvalue weighted by atomic mass is 9.88. The highest BCUT2D eigenvalue weighted by Crippen LogP contribution is 2.30. The average Bonchev–Trinajstić information content (AvgIpc) is 3.20. The summed E-state index contributed by atoms with van der Waals surface area (Å²) in [6, 6.07) is 10.1. The third-order valence-electron chi connectivity index (χ3n) is 6.04. The minimum atomic E-state index is -3.97. The minimum absolute atomic E-state index is 0.0221. The number of carboxylic acids is 1. The van der Waals surface area contributed by atoms with Crippen LogP contribution >= 0.6 is 23.2 Å². The monoisotopic (exact) mass is 574 g/mol. The summed E-state index contributed by atoms with van der Waals surface area (Å²) in [5.41, 5.74) is -0.925. The third-order valence-corrected chi connectivity index (χ3v) is 9.98. The second kappa shape index (κ2) is 11.2. The van der Waals surface area contributed by atoms with Crippen molar-refractivity contribution in [3.63, 3.8) is 0 Å². The molecule has 0 amide bonds. The zero-order valence-electron chi connectivity index (χ0n) is 19.8. The molecule has 0 radical (unpaired) electrons. The van der Waals surface area contributed by atoms with E-state index >= 15 is 0 Å². The van der Waals surface area contributed by atoms with E-state index < -0.39 is 43.5 Å². The molecule has 0 aliphatic carbocycles. The molecule has 1 fully saturated rings. The highest BCUT2D eigenvalue weighted by atomic mass is 35.5. The van der Waals surface area contributed by atoms with Crippen LogP contribution in [0.4, 0.5) is 0 Å². The molecule has 196 valence electrons. The average molecular weight is 576 g/mol. The molecule has 0 aromatic heterocycles. The molecule has 2 atom stereocenters. The number of hydrogen-bond acceptors (Lipinski definition) is 5. The molecule has 8 nitrogen and oxygen atoms in total. The number of allylic oxidation sites excluding steroid dienone is 1. The summed E-state index contributed by atoms with van der Waals surface area (Å²) in [4.78, 5) is 11.4. The van der Waals surface area contributed by atoms with Crippen LogP contribution in [0.25, 0.3) is 0 Å². The Hall–Kier alpha value is -1.95. The van der Waals surface area contributed by atoms with Crippen LogP contribution in [0, 0.1) is 5.41 Å². The molecule has 1 aliphatic heterocycles. The van der Waals surface area contributed by atoms with E-state index in [1.54, 1.807) is 26.0 Å². The van der Waals surface area contributed by atoms with E-state index in [1.165, 1.54) is 52.8 Å². The van der Waals surface area contributed by atoms with Crippen molar-refractivity contribution in [1.29, 1.82) is 0 Å². The van der Waals surface area contributed by atoms with E-state index in [1.807, 2.05) is 0 Å². The van der Waals surface area contributed by atoms with E-state index in [2.05, 4.69) is 4.72 Å². The Balaban J connectivity index is 1.84. The van der Waals surface area contributed by atoms with Crippen molar-refractivity contribution >= 4 is 49.2 Å². The van der Waals surface area contributed by atoms with Crippen molar-refractivity contribution in [2.75, 3.05) is 6.54 Å².